The highest BCUT2D eigenvalue weighted by atomic mass is 16.5. The fourth-order valence-corrected chi connectivity index (χ4v) is 3.58. The molecule has 0 radical (unpaired) electrons. The van der Waals surface area contributed by atoms with Crippen molar-refractivity contribution >= 4 is 5.69 Å². The number of piperazine rings is 1. The van der Waals surface area contributed by atoms with Gasteiger partial charge in [-0.15, -0.1) is 0 Å². The molecule has 140 valence electrons. The zero-order valence-electron chi connectivity index (χ0n) is 15.2. The largest absolute Gasteiger partial charge is 0.497 e. The summed E-state index contributed by atoms with van der Waals surface area (Å²) in [5.41, 5.74) is 1.24. The van der Waals surface area contributed by atoms with Crippen LogP contribution in [0, 0.1) is 0 Å². The molecule has 1 aromatic carbocycles. The van der Waals surface area contributed by atoms with Crippen LogP contribution in [0.5, 0.6) is 5.75 Å². The van der Waals surface area contributed by atoms with E-state index in [2.05, 4.69) is 17.0 Å². The number of benzene rings is 1. The van der Waals surface area contributed by atoms with E-state index in [0.29, 0.717) is 13.2 Å². The first-order chi connectivity index (χ1) is 12.2. The Hall–Kier alpha value is -1.34. The monoisotopic (exact) mass is 351 g/mol. The van der Waals surface area contributed by atoms with Crippen molar-refractivity contribution in [2.24, 2.45) is 0 Å². The zero-order chi connectivity index (χ0) is 17.5. The predicted molar refractivity (Wildman–Crippen MR) is 96.6 cm³/mol. The lowest BCUT2D eigenvalue weighted by molar-refractivity contribution is -0.903. The molecule has 2 aliphatic rings. The molecule has 2 saturated heterocycles. The number of aliphatic hydroxyl groups excluding tert-OH is 1. The van der Waals surface area contributed by atoms with Crippen LogP contribution < -0.4 is 14.5 Å². The number of ether oxygens (including phenoxy) is 3. The van der Waals surface area contributed by atoms with Gasteiger partial charge < -0.3 is 29.1 Å². The topological polar surface area (TPSA) is 55.6 Å². The van der Waals surface area contributed by atoms with Crippen molar-refractivity contribution < 1.29 is 24.2 Å². The third kappa shape index (κ3) is 5.57. The summed E-state index contributed by atoms with van der Waals surface area (Å²) in [6, 6.07) is 8.22. The molecule has 2 atom stereocenters. The second-order valence-corrected chi connectivity index (χ2v) is 6.97. The SMILES string of the molecule is COc1ccc(N2CC[NH+](C[C@H](O)COC[C@@H]3CCCO3)CC2)cc1. The standard InChI is InChI=1S/C19H30N2O4/c1-23-18-6-4-16(5-7-18)21-10-8-20(9-11-21)13-17(22)14-24-15-19-3-2-12-25-19/h4-7,17,19,22H,2-3,8-15H2,1H3/p+1/t17-,19-/m0/s1. The summed E-state index contributed by atoms with van der Waals surface area (Å²) in [5, 5.41) is 10.2. The zero-order valence-corrected chi connectivity index (χ0v) is 15.2. The molecule has 2 N–H and O–H groups in total. The van der Waals surface area contributed by atoms with Gasteiger partial charge in [-0.1, -0.05) is 0 Å². The van der Waals surface area contributed by atoms with Crippen molar-refractivity contribution in [1.82, 2.24) is 0 Å². The van der Waals surface area contributed by atoms with Gasteiger partial charge >= 0.3 is 0 Å². The summed E-state index contributed by atoms with van der Waals surface area (Å²) in [4.78, 5) is 3.83. The average Bonchev–Trinajstić information content (AvgIpc) is 3.16. The van der Waals surface area contributed by atoms with E-state index in [1.165, 1.54) is 10.6 Å². The molecule has 0 aromatic heterocycles. The number of nitrogens with zero attached hydrogens (tertiary/aromatic N) is 1. The number of rotatable bonds is 8. The summed E-state index contributed by atoms with van der Waals surface area (Å²) in [6.45, 7) is 6.70. The molecule has 3 rings (SSSR count). The van der Waals surface area contributed by atoms with E-state index in [1.54, 1.807) is 7.11 Å². The quantitative estimate of drug-likeness (QED) is 0.688. The molecule has 1 aromatic rings. The number of anilines is 1. The summed E-state index contributed by atoms with van der Waals surface area (Å²) < 4.78 is 16.4. The van der Waals surface area contributed by atoms with E-state index in [9.17, 15) is 5.11 Å². The summed E-state index contributed by atoms with van der Waals surface area (Å²) in [6.07, 6.45) is 2.03. The van der Waals surface area contributed by atoms with Crippen LogP contribution in [0.4, 0.5) is 5.69 Å². The Labute approximate surface area is 150 Å². The number of nitrogens with one attached hydrogen (secondary N) is 1. The Morgan fingerprint density at radius 1 is 1.28 bits per heavy atom. The predicted octanol–water partition coefficient (Wildman–Crippen LogP) is -0.0434. The fraction of sp³-hybridized carbons (Fsp3) is 0.684. The van der Waals surface area contributed by atoms with Crippen molar-refractivity contribution in [3.63, 3.8) is 0 Å². The number of hydrogen-bond donors (Lipinski definition) is 2. The Kier molecular flexibility index (Phi) is 6.93. The highest BCUT2D eigenvalue weighted by molar-refractivity contribution is 5.49. The Bertz CT molecular complexity index is 497. The highest BCUT2D eigenvalue weighted by Gasteiger charge is 2.23. The van der Waals surface area contributed by atoms with Crippen LogP contribution in [0.25, 0.3) is 0 Å². The summed E-state index contributed by atoms with van der Waals surface area (Å²) in [7, 11) is 1.69. The molecule has 0 unspecified atom stereocenters. The van der Waals surface area contributed by atoms with Gasteiger partial charge in [-0.3, -0.25) is 0 Å². The lowest BCUT2D eigenvalue weighted by Gasteiger charge is -2.34. The van der Waals surface area contributed by atoms with Gasteiger partial charge in [0.15, 0.2) is 0 Å². The van der Waals surface area contributed by atoms with Crippen molar-refractivity contribution in [2.75, 3.05) is 64.6 Å². The van der Waals surface area contributed by atoms with Gasteiger partial charge in [-0.25, -0.2) is 0 Å². The maximum absolute atomic E-state index is 10.2. The normalized spacial score (nSPS) is 23.0. The molecular formula is C19H31N2O4+. The van der Waals surface area contributed by atoms with Crippen LogP contribution in [0.2, 0.25) is 0 Å². The van der Waals surface area contributed by atoms with E-state index in [1.807, 2.05) is 12.1 Å². The first kappa shape index (κ1) is 18.5. The van der Waals surface area contributed by atoms with Crippen LogP contribution in [-0.4, -0.2) is 77.0 Å². The van der Waals surface area contributed by atoms with Gasteiger partial charge in [0.2, 0.25) is 0 Å². The van der Waals surface area contributed by atoms with E-state index in [-0.39, 0.29) is 6.10 Å². The lowest BCUT2D eigenvalue weighted by Crippen LogP contribution is -3.16. The van der Waals surface area contributed by atoms with Crippen LogP contribution >= 0.6 is 0 Å². The molecule has 2 heterocycles. The molecule has 2 aliphatic heterocycles. The minimum Gasteiger partial charge on any atom is -0.497 e. The number of hydrogen-bond acceptors (Lipinski definition) is 5. The Morgan fingerprint density at radius 3 is 2.68 bits per heavy atom. The molecule has 25 heavy (non-hydrogen) atoms. The van der Waals surface area contributed by atoms with Gasteiger partial charge in [0, 0.05) is 12.3 Å². The van der Waals surface area contributed by atoms with Crippen LogP contribution in [0.1, 0.15) is 12.8 Å². The minimum atomic E-state index is -0.399. The number of methoxy groups -OCH3 is 1. The minimum absolute atomic E-state index is 0.229. The molecule has 0 bridgehead atoms. The molecule has 6 nitrogen and oxygen atoms in total. The van der Waals surface area contributed by atoms with Gasteiger partial charge in [0.25, 0.3) is 0 Å². The smallest absolute Gasteiger partial charge is 0.126 e. The van der Waals surface area contributed by atoms with Gasteiger partial charge in [0.1, 0.15) is 18.4 Å². The van der Waals surface area contributed by atoms with Crippen LogP contribution in [0.3, 0.4) is 0 Å². The van der Waals surface area contributed by atoms with E-state index >= 15 is 0 Å². The van der Waals surface area contributed by atoms with Gasteiger partial charge in [-0.05, 0) is 37.1 Å². The molecule has 0 saturated carbocycles. The first-order valence-electron chi connectivity index (χ1n) is 9.34. The molecule has 2 fully saturated rings. The number of aliphatic hydroxyl groups is 1. The summed E-state index contributed by atoms with van der Waals surface area (Å²) in [5.74, 6) is 0.888. The van der Waals surface area contributed by atoms with Crippen LogP contribution in [-0.2, 0) is 9.47 Å². The van der Waals surface area contributed by atoms with E-state index in [4.69, 9.17) is 14.2 Å². The average molecular weight is 351 g/mol. The lowest BCUT2D eigenvalue weighted by atomic mass is 10.2. The molecule has 6 heteroatoms. The van der Waals surface area contributed by atoms with Gasteiger partial charge in [0.05, 0.1) is 52.6 Å². The molecule has 0 amide bonds. The van der Waals surface area contributed by atoms with Crippen molar-refractivity contribution in [1.29, 1.82) is 0 Å². The third-order valence-electron chi connectivity index (χ3n) is 5.07. The summed E-state index contributed by atoms with van der Waals surface area (Å²) >= 11 is 0. The molecular weight excluding hydrogens is 320 g/mol. The van der Waals surface area contributed by atoms with Gasteiger partial charge in [-0.2, -0.15) is 0 Å². The Morgan fingerprint density at radius 2 is 2.04 bits per heavy atom. The van der Waals surface area contributed by atoms with Crippen molar-refractivity contribution in [3.05, 3.63) is 24.3 Å². The van der Waals surface area contributed by atoms with E-state index < -0.39 is 6.10 Å². The molecule has 0 aliphatic carbocycles. The maximum atomic E-state index is 10.2. The number of quaternary nitrogens is 1. The highest BCUT2D eigenvalue weighted by Crippen LogP contribution is 2.19. The second kappa shape index (κ2) is 9.38. The van der Waals surface area contributed by atoms with E-state index in [0.717, 1.165) is 57.9 Å². The fourth-order valence-electron chi connectivity index (χ4n) is 3.58. The first-order valence-corrected chi connectivity index (χ1v) is 9.34. The van der Waals surface area contributed by atoms with Crippen molar-refractivity contribution in [3.8, 4) is 5.75 Å². The molecule has 0 spiro atoms. The van der Waals surface area contributed by atoms with Crippen molar-refractivity contribution in [2.45, 2.75) is 25.0 Å². The maximum Gasteiger partial charge on any atom is 0.126 e. The third-order valence-corrected chi connectivity index (χ3v) is 5.07. The Balaban J connectivity index is 1.33. The second-order valence-electron chi connectivity index (χ2n) is 6.97. The van der Waals surface area contributed by atoms with Crippen LogP contribution in [0.15, 0.2) is 24.3 Å².